The molecule has 29 heavy (non-hydrogen) atoms. The van der Waals surface area contributed by atoms with Crippen LogP contribution in [0.3, 0.4) is 0 Å². The Balaban J connectivity index is 1.31. The van der Waals surface area contributed by atoms with Gasteiger partial charge < -0.3 is 5.32 Å². The van der Waals surface area contributed by atoms with E-state index in [-0.39, 0.29) is 0 Å². The summed E-state index contributed by atoms with van der Waals surface area (Å²) in [4.78, 5) is 22.4. The second-order valence-corrected chi connectivity index (χ2v) is 7.19. The molecule has 1 amide bonds. The Bertz CT molecular complexity index is 1020. The number of para-hydroxylation sites is 1. The third-order valence-corrected chi connectivity index (χ3v) is 5.00. The first-order chi connectivity index (χ1) is 14.2. The summed E-state index contributed by atoms with van der Waals surface area (Å²) in [6, 6.07) is 14.5. The molecule has 3 N–H and O–H groups in total. The van der Waals surface area contributed by atoms with Gasteiger partial charge in [-0.3, -0.25) is 19.9 Å². The van der Waals surface area contributed by atoms with E-state index in [1.807, 2.05) is 36.5 Å². The van der Waals surface area contributed by atoms with Crippen LogP contribution < -0.4 is 10.8 Å². The lowest BCUT2D eigenvalue weighted by atomic mass is 10.1. The fourth-order valence-electron chi connectivity index (χ4n) is 3.56. The van der Waals surface area contributed by atoms with Gasteiger partial charge in [-0.15, -0.1) is 0 Å². The van der Waals surface area contributed by atoms with Crippen LogP contribution in [0.15, 0.2) is 60.9 Å². The number of carbonyl (C=O) groups excluding carboxylic acids is 1. The molecule has 1 aromatic carbocycles. The van der Waals surface area contributed by atoms with Gasteiger partial charge in [0.2, 0.25) is 0 Å². The van der Waals surface area contributed by atoms with Crippen LogP contribution in [0.5, 0.6) is 0 Å². The molecule has 3 aromatic rings. The van der Waals surface area contributed by atoms with Crippen molar-refractivity contribution in [2.45, 2.75) is 19.0 Å². The Morgan fingerprint density at radius 1 is 1.21 bits per heavy atom. The van der Waals surface area contributed by atoms with Gasteiger partial charge >= 0.3 is 0 Å². The van der Waals surface area contributed by atoms with E-state index in [1.165, 1.54) is 17.0 Å². The predicted molar refractivity (Wildman–Crippen MR) is 112 cm³/mol. The Labute approximate surface area is 169 Å². The van der Waals surface area contributed by atoms with Crippen LogP contribution in [0.25, 0.3) is 17.0 Å². The van der Waals surface area contributed by atoms with Crippen molar-refractivity contribution in [2.24, 2.45) is 0 Å². The van der Waals surface area contributed by atoms with E-state index in [0.29, 0.717) is 6.04 Å². The summed E-state index contributed by atoms with van der Waals surface area (Å²) in [5.41, 5.74) is 4.60. The summed E-state index contributed by atoms with van der Waals surface area (Å²) in [6.07, 6.45) is 7.56. The maximum atomic E-state index is 11.0. The van der Waals surface area contributed by atoms with Crippen LogP contribution >= 0.6 is 0 Å². The highest BCUT2D eigenvalue weighted by Crippen LogP contribution is 2.19. The lowest BCUT2D eigenvalue weighted by molar-refractivity contribution is -0.124. The highest BCUT2D eigenvalue weighted by Gasteiger charge is 2.22. The number of hydroxylamine groups is 1. The molecule has 1 unspecified atom stereocenters. The van der Waals surface area contributed by atoms with Gasteiger partial charge in [0.05, 0.1) is 5.52 Å². The molecule has 1 fully saturated rings. The molecule has 1 aliphatic heterocycles. The van der Waals surface area contributed by atoms with Crippen LogP contribution in [-0.4, -0.2) is 45.1 Å². The minimum Gasteiger partial charge on any atom is -0.366 e. The number of benzene rings is 1. The average molecular weight is 389 g/mol. The van der Waals surface area contributed by atoms with E-state index in [0.717, 1.165) is 43.0 Å². The summed E-state index contributed by atoms with van der Waals surface area (Å²) in [6.45, 7) is 2.87. The Morgan fingerprint density at radius 3 is 2.93 bits per heavy atom. The smallest absolute Gasteiger partial charge is 0.267 e. The van der Waals surface area contributed by atoms with Crippen molar-refractivity contribution < 1.29 is 10.0 Å². The van der Waals surface area contributed by atoms with Gasteiger partial charge in [-0.1, -0.05) is 18.2 Å². The van der Waals surface area contributed by atoms with Crippen LogP contribution in [0, 0.1) is 0 Å². The number of hydrogen-bond acceptors (Lipinski definition) is 6. The minimum atomic E-state index is -0.570. The molecule has 0 aliphatic carbocycles. The first-order valence-electron chi connectivity index (χ1n) is 9.60. The van der Waals surface area contributed by atoms with Crippen molar-refractivity contribution in [3.05, 3.63) is 72.1 Å². The fraction of sp³-hybridized carbons (Fsp3) is 0.227. The van der Waals surface area contributed by atoms with Gasteiger partial charge in [0.15, 0.2) is 0 Å². The van der Waals surface area contributed by atoms with Crippen LogP contribution in [0.4, 0.5) is 5.82 Å². The molecule has 1 atom stereocenters. The first-order valence-corrected chi connectivity index (χ1v) is 9.60. The molecule has 3 heterocycles. The summed E-state index contributed by atoms with van der Waals surface area (Å²) in [5.74, 6) is 0.243. The molecule has 1 aliphatic rings. The molecule has 0 saturated carbocycles. The van der Waals surface area contributed by atoms with E-state index in [1.54, 1.807) is 17.8 Å². The summed E-state index contributed by atoms with van der Waals surface area (Å²) in [7, 11) is 0. The molecule has 4 rings (SSSR count). The lowest BCUT2D eigenvalue weighted by Gasteiger charge is -2.17. The standard InChI is InChI=1S/C22H23N5O2/c28-22(26-29)8-6-16-5-7-21(24-12-16)25-19-9-10-27(15-19)14-17-11-18-3-1-2-4-20(18)23-13-17/h1-8,11-13,19,29H,9-10,14-15H2,(H,24,25)(H,26,28)/b8-6+. The topological polar surface area (TPSA) is 90.4 Å². The Morgan fingerprint density at radius 2 is 2.10 bits per heavy atom. The number of fused-ring (bicyclic) bond motifs is 1. The van der Waals surface area contributed by atoms with E-state index < -0.39 is 5.91 Å². The van der Waals surface area contributed by atoms with E-state index in [4.69, 9.17) is 5.21 Å². The van der Waals surface area contributed by atoms with E-state index in [2.05, 4.69) is 32.3 Å². The fourth-order valence-corrected chi connectivity index (χ4v) is 3.56. The largest absolute Gasteiger partial charge is 0.366 e. The third-order valence-electron chi connectivity index (χ3n) is 5.00. The maximum absolute atomic E-state index is 11.0. The number of aromatic nitrogens is 2. The summed E-state index contributed by atoms with van der Waals surface area (Å²) >= 11 is 0. The van der Waals surface area contributed by atoms with Gasteiger partial charge in [0, 0.05) is 49.5 Å². The molecule has 7 nitrogen and oxygen atoms in total. The molecule has 0 bridgehead atoms. The predicted octanol–water partition coefficient (Wildman–Crippen LogP) is 2.83. The Hall–Kier alpha value is -3.29. The number of hydrogen-bond donors (Lipinski definition) is 3. The van der Waals surface area contributed by atoms with Gasteiger partial charge in [-0.2, -0.15) is 0 Å². The lowest BCUT2D eigenvalue weighted by Crippen LogP contribution is -2.26. The minimum absolute atomic E-state index is 0.345. The molecule has 1 saturated heterocycles. The van der Waals surface area contributed by atoms with Crippen molar-refractivity contribution in [1.82, 2.24) is 20.3 Å². The third kappa shape index (κ3) is 4.96. The normalized spacial score (nSPS) is 17.1. The second kappa shape index (κ2) is 8.81. The van der Waals surface area contributed by atoms with Crippen LogP contribution in [0.1, 0.15) is 17.5 Å². The second-order valence-electron chi connectivity index (χ2n) is 7.19. The number of pyridine rings is 2. The number of rotatable bonds is 6. The first kappa shape index (κ1) is 19.0. The molecular formula is C22H23N5O2. The van der Waals surface area contributed by atoms with Gasteiger partial charge in [-0.25, -0.2) is 10.5 Å². The summed E-state index contributed by atoms with van der Waals surface area (Å²) < 4.78 is 0. The number of nitrogens with zero attached hydrogens (tertiary/aromatic N) is 3. The highest BCUT2D eigenvalue weighted by atomic mass is 16.5. The number of anilines is 1. The van der Waals surface area contributed by atoms with Crippen molar-refractivity contribution >= 4 is 28.7 Å². The molecule has 7 heteroatoms. The number of carbonyl (C=O) groups is 1. The number of nitrogens with one attached hydrogen (secondary N) is 2. The SMILES string of the molecule is O=C(/C=C/c1ccc(NC2CCN(Cc3cnc4ccccc4c3)C2)nc1)NO. The quantitative estimate of drug-likeness (QED) is 0.341. The van der Waals surface area contributed by atoms with Gasteiger partial charge in [-0.05, 0) is 47.9 Å². The van der Waals surface area contributed by atoms with Gasteiger partial charge in [0.25, 0.3) is 5.91 Å². The van der Waals surface area contributed by atoms with E-state index in [9.17, 15) is 4.79 Å². The van der Waals surface area contributed by atoms with Crippen molar-refractivity contribution in [2.75, 3.05) is 18.4 Å². The maximum Gasteiger partial charge on any atom is 0.267 e. The summed E-state index contributed by atoms with van der Waals surface area (Å²) in [5, 5.41) is 13.1. The zero-order valence-electron chi connectivity index (χ0n) is 16.0. The molecule has 0 radical (unpaired) electrons. The van der Waals surface area contributed by atoms with Crippen LogP contribution in [-0.2, 0) is 11.3 Å². The molecule has 148 valence electrons. The zero-order valence-corrected chi connectivity index (χ0v) is 16.0. The van der Waals surface area contributed by atoms with Crippen molar-refractivity contribution in [3.63, 3.8) is 0 Å². The monoisotopic (exact) mass is 389 g/mol. The zero-order chi connectivity index (χ0) is 20.1. The Kier molecular flexibility index (Phi) is 5.79. The highest BCUT2D eigenvalue weighted by molar-refractivity contribution is 5.90. The molecule has 2 aromatic heterocycles. The molecule has 0 spiro atoms. The number of amides is 1. The van der Waals surface area contributed by atoms with Crippen LogP contribution in [0.2, 0.25) is 0 Å². The van der Waals surface area contributed by atoms with E-state index >= 15 is 0 Å². The molecular weight excluding hydrogens is 366 g/mol. The van der Waals surface area contributed by atoms with Crippen molar-refractivity contribution in [3.8, 4) is 0 Å². The van der Waals surface area contributed by atoms with Crippen molar-refractivity contribution in [1.29, 1.82) is 0 Å². The average Bonchev–Trinajstić information content (AvgIpc) is 3.19. The number of likely N-dealkylation sites (tertiary alicyclic amines) is 1. The van der Waals surface area contributed by atoms with Gasteiger partial charge in [0.1, 0.15) is 5.82 Å².